The smallest absolute Gasteiger partial charge is 0.255 e. The molecule has 3 aliphatic rings. The summed E-state index contributed by atoms with van der Waals surface area (Å²) in [4.78, 5) is 42.9. The molecule has 10 nitrogen and oxygen atoms in total. The first-order chi connectivity index (χ1) is 20.8. The molecular formula is C33H38FN3O7. The number of benzene rings is 2. The molecule has 234 valence electrons. The number of Topliss-reactive ketones (excluding diaryl/α,β-unsaturated/α-hetero) is 2. The molecule has 4 atom stereocenters. The van der Waals surface area contributed by atoms with Gasteiger partial charge in [-0.3, -0.25) is 24.2 Å². The van der Waals surface area contributed by atoms with Crippen molar-refractivity contribution in [1.82, 2.24) is 9.80 Å². The maximum absolute atomic E-state index is 16.2. The first-order valence-corrected chi connectivity index (χ1v) is 14.8. The number of aromatic hydroxyl groups is 1. The maximum atomic E-state index is 16.2. The van der Waals surface area contributed by atoms with Crippen molar-refractivity contribution < 1.29 is 39.2 Å². The van der Waals surface area contributed by atoms with Crippen LogP contribution in [0, 0.1) is 17.7 Å². The molecule has 0 heterocycles. The van der Waals surface area contributed by atoms with Crippen molar-refractivity contribution in [2.45, 2.75) is 50.8 Å². The minimum Gasteiger partial charge on any atom is -0.510 e. The van der Waals surface area contributed by atoms with Gasteiger partial charge in [0.2, 0.25) is 5.78 Å². The van der Waals surface area contributed by atoms with E-state index in [0.29, 0.717) is 13.1 Å². The number of amides is 1. The highest BCUT2D eigenvalue weighted by atomic mass is 19.1. The van der Waals surface area contributed by atoms with E-state index in [2.05, 4.69) is 4.90 Å². The molecule has 2 aromatic rings. The lowest BCUT2D eigenvalue weighted by Gasteiger charge is -2.50. The van der Waals surface area contributed by atoms with E-state index in [4.69, 9.17) is 5.73 Å². The van der Waals surface area contributed by atoms with E-state index in [1.807, 2.05) is 37.3 Å². The van der Waals surface area contributed by atoms with Crippen LogP contribution in [0.5, 0.6) is 5.75 Å². The van der Waals surface area contributed by atoms with Gasteiger partial charge in [0.25, 0.3) is 5.91 Å². The molecule has 0 bridgehead atoms. The van der Waals surface area contributed by atoms with Crippen LogP contribution in [0.3, 0.4) is 0 Å². The van der Waals surface area contributed by atoms with Crippen LogP contribution in [0.15, 0.2) is 59.1 Å². The van der Waals surface area contributed by atoms with Crippen molar-refractivity contribution >= 4 is 17.5 Å². The number of hydrogen-bond acceptors (Lipinski definition) is 9. The molecule has 0 saturated carbocycles. The monoisotopic (exact) mass is 607 g/mol. The highest BCUT2D eigenvalue weighted by Crippen LogP contribution is 2.52. The van der Waals surface area contributed by atoms with Gasteiger partial charge < -0.3 is 26.2 Å². The lowest BCUT2D eigenvalue weighted by atomic mass is 9.58. The van der Waals surface area contributed by atoms with Crippen molar-refractivity contribution in [2.24, 2.45) is 17.6 Å². The Morgan fingerprint density at radius 1 is 1.11 bits per heavy atom. The van der Waals surface area contributed by atoms with Crippen molar-refractivity contribution in [3.8, 4) is 5.75 Å². The van der Waals surface area contributed by atoms with Gasteiger partial charge in [-0.15, -0.1) is 0 Å². The third-order valence-corrected chi connectivity index (χ3v) is 9.22. The van der Waals surface area contributed by atoms with Crippen LogP contribution in [0.2, 0.25) is 0 Å². The Morgan fingerprint density at radius 2 is 1.80 bits per heavy atom. The zero-order chi connectivity index (χ0) is 32.1. The van der Waals surface area contributed by atoms with Crippen molar-refractivity contribution in [3.05, 3.63) is 87.1 Å². The number of primary amides is 1. The summed E-state index contributed by atoms with van der Waals surface area (Å²) in [6, 6.07) is 10.0. The first kappa shape index (κ1) is 31.4. The molecule has 0 unspecified atom stereocenters. The van der Waals surface area contributed by atoms with Crippen LogP contribution in [-0.2, 0) is 29.0 Å². The van der Waals surface area contributed by atoms with Crippen LogP contribution in [-0.4, -0.2) is 86.5 Å². The number of phenolic OH excluding ortho intramolecular Hbond substituents is 1. The molecule has 0 radical (unpaired) electrons. The van der Waals surface area contributed by atoms with E-state index in [1.165, 1.54) is 11.0 Å². The average Bonchev–Trinajstić information content (AvgIpc) is 2.96. The molecule has 6 N–H and O–H groups in total. The third-order valence-electron chi connectivity index (χ3n) is 9.22. The normalized spacial score (nSPS) is 24.9. The molecule has 5 rings (SSSR count). The molecule has 3 aliphatic carbocycles. The number of hydrogen-bond donors (Lipinski definition) is 5. The fourth-order valence-electron chi connectivity index (χ4n) is 7.23. The van der Waals surface area contributed by atoms with E-state index in [1.54, 1.807) is 14.1 Å². The maximum Gasteiger partial charge on any atom is 0.255 e. The topological polar surface area (TPSA) is 165 Å². The number of nitrogens with two attached hydrogens (primary N) is 1. The number of carbonyl (C=O) groups excluding carboxylic acids is 3. The lowest BCUT2D eigenvalue weighted by molar-refractivity contribution is -0.148. The Kier molecular flexibility index (Phi) is 8.41. The number of halogens is 1. The number of rotatable bonds is 9. The molecule has 0 saturated heterocycles. The molecule has 44 heavy (non-hydrogen) atoms. The lowest BCUT2D eigenvalue weighted by Crippen LogP contribution is -2.63. The third kappa shape index (κ3) is 4.98. The molecule has 2 aromatic carbocycles. The van der Waals surface area contributed by atoms with E-state index in [9.17, 15) is 34.8 Å². The highest BCUT2D eigenvalue weighted by molar-refractivity contribution is 6.24. The van der Waals surface area contributed by atoms with Gasteiger partial charge in [0.1, 0.15) is 28.7 Å². The highest BCUT2D eigenvalue weighted by Gasteiger charge is 2.63. The average molecular weight is 608 g/mol. The summed E-state index contributed by atoms with van der Waals surface area (Å²) in [6.07, 6.45) is 1.38. The number of carbonyl (C=O) groups is 3. The minimum absolute atomic E-state index is 0.00220. The summed E-state index contributed by atoms with van der Waals surface area (Å²) < 4.78 is 16.2. The second kappa shape index (κ2) is 11.8. The molecule has 1 amide bonds. The first-order valence-electron chi connectivity index (χ1n) is 14.8. The summed E-state index contributed by atoms with van der Waals surface area (Å²) in [6.45, 7) is 3.57. The Bertz CT molecular complexity index is 1590. The molecule has 0 aliphatic heterocycles. The number of phenols is 1. The number of nitrogens with zero attached hydrogens (tertiary/aromatic N) is 2. The van der Waals surface area contributed by atoms with Gasteiger partial charge in [0, 0.05) is 35.7 Å². The van der Waals surface area contributed by atoms with Crippen LogP contribution in [0.1, 0.15) is 46.8 Å². The fraction of sp³-hybridized carbons (Fsp3) is 0.424. The zero-order valence-electron chi connectivity index (χ0n) is 25.0. The second-order valence-corrected chi connectivity index (χ2v) is 12.2. The number of allylic oxidation sites excluding steroid dienone is 1. The second-order valence-electron chi connectivity index (χ2n) is 12.2. The van der Waals surface area contributed by atoms with Crippen LogP contribution >= 0.6 is 0 Å². The van der Waals surface area contributed by atoms with E-state index < -0.39 is 69.6 Å². The van der Waals surface area contributed by atoms with Crippen LogP contribution in [0.4, 0.5) is 4.39 Å². The molecule has 0 aromatic heterocycles. The zero-order valence-corrected chi connectivity index (χ0v) is 25.0. The van der Waals surface area contributed by atoms with Gasteiger partial charge in [-0.1, -0.05) is 37.3 Å². The summed E-state index contributed by atoms with van der Waals surface area (Å²) in [5.41, 5.74) is 2.47. The minimum atomic E-state index is -2.74. The molecule has 11 heteroatoms. The van der Waals surface area contributed by atoms with E-state index in [0.717, 1.165) is 18.4 Å². The Morgan fingerprint density at radius 3 is 2.41 bits per heavy atom. The largest absolute Gasteiger partial charge is 0.510 e. The number of ketones is 2. The van der Waals surface area contributed by atoms with Gasteiger partial charge in [-0.25, -0.2) is 4.39 Å². The van der Waals surface area contributed by atoms with Crippen LogP contribution < -0.4 is 5.73 Å². The summed E-state index contributed by atoms with van der Waals surface area (Å²) >= 11 is 0. The van der Waals surface area contributed by atoms with Gasteiger partial charge in [0.15, 0.2) is 11.4 Å². The standard InChI is InChI=1S/C33H38FN3O7/c1-4-11-37(12-10-17-8-6-5-7-9-17)16-19-15-22(38)24-20(26(19)34)13-18-14-21-27(36(2)3)29(40)25(32(35)43)31(42)33(21,44)30(41)23(18)28(24)39/h5-9,15,18,21,27,38,40-41,44H,4,10-14,16H2,1-3H3,(H2,35,43)/t18-,21-,27-,33-/m0/s1. The SMILES string of the molecule is CCCN(CCc1ccccc1)Cc1cc(O)c2c(c1F)C[C@H]1C[C@H]3[C@H](N(C)C)C(O)=C(C(N)=O)C(=O)[C@@]3(O)C(O)=C1C2=O. The van der Waals surface area contributed by atoms with Crippen LogP contribution in [0.25, 0.3) is 0 Å². The predicted octanol–water partition coefficient (Wildman–Crippen LogP) is 2.71. The number of aliphatic hydroxyl groups is 3. The number of fused-ring (bicyclic) bond motifs is 3. The molecule has 0 spiro atoms. The Hall–Kier alpha value is -4.06. The fourth-order valence-corrected chi connectivity index (χ4v) is 7.23. The molecule has 0 fully saturated rings. The predicted molar refractivity (Wildman–Crippen MR) is 159 cm³/mol. The molecular weight excluding hydrogens is 569 g/mol. The summed E-state index contributed by atoms with van der Waals surface area (Å²) in [5, 5.41) is 45.0. The summed E-state index contributed by atoms with van der Waals surface area (Å²) in [7, 11) is 3.11. The Balaban J connectivity index is 1.53. The number of aliphatic hydroxyl groups excluding tert-OH is 2. The number of likely N-dealkylation sites (N-methyl/N-ethyl adjacent to an activating group) is 1. The Labute approximate surface area is 254 Å². The van der Waals surface area contributed by atoms with Gasteiger partial charge in [-0.05, 0) is 63.9 Å². The van der Waals surface area contributed by atoms with Crippen molar-refractivity contribution in [2.75, 3.05) is 27.2 Å². The van der Waals surface area contributed by atoms with E-state index >= 15 is 4.39 Å². The quantitative estimate of drug-likeness (QED) is 0.270. The van der Waals surface area contributed by atoms with Crippen molar-refractivity contribution in [3.63, 3.8) is 0 Å². The van der Waals surface area contributed by atoms with Crippen molar-refractivity contribution in [1.29, 1.82) is 0 Å². The van der Waals surface area contributed by atoms with Gasteiger partial charge in [0.05, 0.1) is 11.6 Å². The van der Waals surface area contributed by atoms with E-state index in [-0.39, 0.29) is 41.6 Å². The van der Waals surface area contributed by atoms with Gasteiger partial charge >= 0.3 is 0 Å². The summed E-state index contributed by atoms with van der Waals surface area (Å²) in [5.74, 6) is -8.26. The van der Waals surface area contributed by atoms with Gasteiger partial charge in [-0.2, -0.15) is 0 Å².